The Balaban J connectivity index is 1.25. The zero-order chi connectivity index (χ0) is 24.2. The van der Waals surface area contributed by atoms with Gasteiger partial charge in [-0.05, 0) is 103 Å². The van der Waals surface area contributed by atoms with E-state index in [1.165, 1.54) is 51.4 Å². The van der Waals surface area contributed by atoms with Gasteiger partial charge in [-0.3, -0.25) is 4.79 Å². The summed E-state index contributed by atoms with van der Waals surface area (Å²) in [5.74, 6) is 2.34. The summed E-state index contributed by atoms with van der Waals surface area (Å²) in [4.78, 5) is 12.4. The molecule has 0 aromatic rings. The molecule has 7 aliphatic rings. The SMILES string of the molecule is CC1CC2(C[C@@H](C)[C@]3(CC[C@@]4(C)[C@@H]5CC[C@H]6C(C)(C)[C@H](C)CC[C@@]67C[C@@]57CC[C@@]43C)O2)OC1=O. The molecule has 2 aliphatic heterocycles. The van der Waals surface area contributed by atoms with Crippen LogP contribution in [-0.2, 0) is 14.3 Å². The lowest BCUT2D eigenvalue weighted by Crippen LogP contribution is -2.61. The summed E-state index contributed by atoms with van der Waals surface area (Å²) in [6.45, 7) is 17.4. The van der Waals surface area contributed by atoms with Gasteiger partial charge in [-0.25, -0.2) is 0 Å². The fraction of sp³-hybridized carbons (Fsp3) is 0.968. The van der Waals surface area contributed by atoms with Crippen molar-refractivity contribution in [3.63, 3.8) is 0 Å². The molecule has 190 valence electrons. The van der Waals surface area contributed by atoms with Crippen molar-refractivity contribution in [1.29, 1.82) is 0 Å². The summed E-state index contributed by atoms with van der Waals surface area (Å²) in [6.07, 6.45) is 14.1. The molecular weight excluding hydrogens is 420 g/mol. The first-order valence-corrected chi connectivity index (χ1v) is 14.7. The molecule has 0 aromatic heterocycles. The highest BCUT2D eigenvalue weighted by Crippen LogP contribution is 2.90. The van der Waals surface area contributed by atoms with Gasteiger partial charge in [0.25, 0.3) is 0 Å². The van der Waals surface area contributed by atoms with Crippen molar-refractivity contribution in [3.8, 4) is 0 Å². The van der Waals surface area contributed by atoms with Crippen molar-refractivity contribution >= 4 is 5.97 Å². The summed E-state index contributed by atoms with van der Waals surface area (Å²) in [7, 11) is 0. The molecule has 2 heterocycles. The third kappa shape index (κ3) is 2.15. The van der Waals surface area contributed by atoms with E-state index in [2.05, 4.69) is 41.5 Å². The second-order valence-corrected chi connectivity index (χ2v) is 15.7. The van der Waals surface area contributed by atoms with Crippen molar-refractivity contribution in [1.82, 2.24) is 0 Å². The van der Waals surface area contributed by atoms with E-state index in [0.717, 1.165) is 37.0 Å². The summed E-state index contributed by atoms with van der Waals surface area (Å²) < 4.78 is 13.2. The molecule has 11 atom stereocenters. The van der Waals surface area contributed by atoms with Gasteiger partial charge in [-0.2, -0.15) is 0 Å². The molecule has 5 saturated carbocycles. The quantitative estimate of drug-likeness (QED) is 0.345. The normalized spacial score (nSPS) is 63.3. The van der Waals surface area contributed by atoms with Crippen LogP contribution in [0, 0.1) is 56.7 Å². The Labute approximate surface area is 207 Å². The minimum atomic E-state index is -0.651. The summed E-state index contributed by atoms with van der Waals surface area (Å²) in [5, 5.41) is 0. The zero-order valence-corrected chi connectivity index (χ0v) is 22.9. The summed E-state index contributed by atoms with van der Waals surface area (Å²) >= 11 is 0. The van der Waals surface area contributed by atoms with E-state index in [1.807, 2.05) is 6.92 Å². The predicted molar refractivity (Wildman–Crippen MR) is 133 cm³/mol. The highest BCUT2D eigenvalue weighted by atomic mass is 16.7. The molecule has 2 saturated heterocycles. The lowest BCUT2D eigenvalue weighted by Gasteiger charge is -2.64. The molecule has 3 nitrogen and oxygen atoms in total. The Hall–Kier alpha value is -0.570. The van der Waals surface area contributed by atoms with Gasteiger partial charge in [0.2, 0.25) is 5.79 Å². The van der Waals surface area contributed by atoms with Gasteiger partial charge in [0.1, 0.15) is 0 Å². The third-order valence-corrected chi connectivity index (χ3v) is 14.9. The van der Waals surface area contributed by atoms with Gasteiger partial charge in [-0.1, -0.05) is 48.5 Å². The Morgan fingerprint density at radius 1 is 0.765 bits per heavy atom. The molecule has 2 unspecified atom stereocenters. The Morgan fingerprint density at radius 3 is 2.18 bits per heavy atom. The number of carbonyl (C=O) groups is 1. The minimum absolute atomic E-state index is 0.0313. The lowest BCUT2D eigenvalue weighted by molar-refractivity contribution is -0.268. The molecule has 0 N–H and O–H groups in total. The van der Waals surface area contributed by atoms with E-state index in [4.69, 9.17) is 9.47 Å². The number of hydrogen-bond donors (Lipinski definition) is 0. The molecule has 0 radical (unpaired) electrons. The van der Waals surface area contributed by atoms with Crippen LogP contribution in [0.3, 0.4) is 0 Å². The van der Waals surface area contributed by atoms with Gasteiger partial charge in [0.15, 0.2) is 0 Å². The van der Waals surface area contributed by atoms with Crippen LogP contribution in [0.4, 0.5) is 0 Å². The largest absolute Gasteiger partial charge is 0.433 e. The van der Waals surface area contributed by atoms with Crippen molar-refractivity contribution in [2.45, 2.75) is 130 Å². The first-order valence-electron chi connectivity index (χ1n) is 14.7. The zero-order valence-electron chi connectivity index (χ0n) is 22.9. The number of esters is 1. The standard InChI is InChI=1S/C31H48O3/c1-19-16-30(33-24(19)32)17-21(3)31(34-30)15-12-26(6)23-9-8-22-25(4,5)20(2)10-11-28(22)18-29(23,28)14-13-27(26,31)7/h19-23H,8-18H2,1-7H3/t19?,20-,21-,22+,23+,26+,27+,28-,29+,30?,31+/m1/s1. The monoisotopic (exact) mass is 468 g/mol. The van der Waals surface area contributed by atoms with Crippen LogP contribution in [0.1, 0.15) is 119 Å². The van der Waals surface area contributed by atoms with Crippen molar-refractivity contribution in [3.05, 3.63) is 0 Å². The molecule has 4 spiro atoms. The molecule has 0 aromatic carbocycles. The van der Waals surface area contributed by atoms with Crippen molar-refractivity contribution in [2.75, 3.05) is 0 Å². The minimum Gasteiger partial charge on any atom is -0.433 e. The highest BCUT2D eigenvalue weighted by Gasteiger charge is 2.84. The van der Waals surface area contributed by atoms with E-state index >= 15 is 0 Å². The van der Waals surface area contributed by atoms with Crippen LogP contribution in [0.15, 0.2) is 0 Å². The van der Waals surface area contributed by atoms with Gasteiger partial charge in [0.05, 0.1) is 11.5 Å². The second-order valence-electron chi connectivity index (χ2n) is 15.7. The number of carbonyl (C=O) groups excluding carboxylic acids is 1. The van der Waals surface area contributed by atoms with Gasteiger partial charge < -0.3 is 9.47 Å². The molecule has 3 heteroatoms. The number of ether oxygens (including phenoxy) is 2. The smallest absolute Gasteiger partial charge is 0.311 e. The Morgan fingerprint density at radius 2 is 1.47 bits per heavy atom. The third-order valence-electron chi connectivity index (χ3n) is 14.9. The molecule has 7 rings (SSSR count). The first-order chi connectivity index (χ1) is 15.8. The summed E-state index contributed by atoms with van der Waals surface area (Å²) in [6, 6.07) is 0. The van der Waals surface area contributed by atoms with E-state index in [1.54, 1.807) is 0 Å². The Kier molecular flexibility index (Phi) is 4.06. The number of fused-ring (bicyclic) bond motifs is 3. The Bertz CT molecular complexity index is 956. The van der Waals surface area contributed by atoms with Crippen LogP contribution >= 0.6 is 0 Å². The van der Waals surface area contributed by atoms with Gasteiger partial charge >= 0.3 is 5.97 Å². The average molecular weight is 469 g/mol. The molecule has 34 heavy (non-hydrogen) atoms. The van der Waals surface area contributed by atoms with Crippen LogP contribution in [-0.4, -0.2) is 17.4 Å². The van der Waals surface area contributed by atoms with Gasteiger partial charge in [0, 0.05) is 18.3 Å². The molecule has 7 fully saturated rings. The number of rotatable bonds is 0. The molecular formula is C31H48O3. The molecule has 0 amide bonds. The van der Waals surface area contributed by atoms with E-state index in [0.29, 0.717) is 27.6 Å². The topological polar surface area (TPSA) is 35.5 Å². The van der Waals surface area contributed by atoms with Crippen LogP contribution < -0.4 is 0 Å². The lowest BCUT2D eigenvalue weighted by atomic mass is 9.41. The van der Waals surface area contributed by atoms with Crippen LogP contribution in [0.5, 0.6) is 0 Å². The van der Waals surface area contributed by atoms with E-state index < -0.39 is 5.79 Å². The van der Waals surface area contributed by atoms with Crippen LogP contribution in [0.2, 0.25) is 0 Å². The van der Waals surface area contributed by atoms with E-state index in [9.17, 15) is 4.79 Å². The van der Waals surface area contributed by atoms with Crippen molar-refractivity contribution in [2.24, 2.45) is 56.7 Å². The first kappa shape index (κ1) is 22.6. The summed E-state index contributed by atoms with van der Waals surface area (Å²) in [5.41, 5.74) is 2.09. The number of hydrogen-bond acceptors (Lipinski definition) is 3. The fourth-order valence-electron chi connectivity index (χ4n) is 12.7. The highest BCUT2D eigenvalue weighted by molar-refractivity contribution is 5.74. The van der Waals surface area contributed by atoms with Crippen molar-refractivity contribution < 1.29 is 14.3 Å². The van der Waals surface area contributed by atoms with E-state index in [-0.39, 0.29) is 22.9 Å². The van der Waals surface area contributed by atoms with Gasteiger partial charge in [-0.15, -0.1) is 0 Å². The maximum Gasteiger partial charge on any atom is 0.311 e. The molecule has 5 aliphatic carbocycles. The van der Waals surface area contributed by atoms with Crippen LogP contribution in [0.25, 0.3) is 0 Å². The maximum atomic E-state index is 12.4. The molecule has 0 bridgehead atoms. The second kappa shape index (κ2) is 6.11. The maximum absolute atomic E-state index is 12.4. The average Bonchev–Trinajstić information content (AvgIpc) is 3.13. The predicted octanol–water partition coefficient (Wildman–Crippen LogP) is 7.52. The fourth-order valence-corrected chi connectivity index (χ4v) is 12.7.